The SMILES string of the molecule is CCNC(=O)Nc1ccc(N(C)C)c(CN(C(=O)CC(C)(C)C)[C@@H](C)CC)c1. The van der Waals surface area contributed by atoms with Crippen molar-refractivity contribution < 1.29 is 9.59 Å². The highest BCUT2D eigenvalue weighted by Crippen LogP contribution is 2.27. The summed E-state index contributed by atoms with van der Waals surface area (Å²) in [6, 6.07) is 5.75. The Hall–Kier alpha value is -2.24. The number of anilines is 2. The van der Waals surface area contributed by atoms with Crippen molar-refractivity contribution in [3.8, 4) is 0 Å². The fourth-order valence-electron chi connectivity index (χ4n) is 3.01. The van der Waals surface area contributed by atoms with Crippen molar-refractivity contribution in [2.75, 3.05) is 30.9 Å². The summed E-state index contributed by atoms with van der Waals surface area (Å²) >= 11 is 0. The van der Waals surface area contributed by atoms with Gasteiger partial charge in [0.2, 0.25) is 5.91 Å². The molecule has 0 radical (unpaired) electrons. The van der Waals surface area contributed by atoms with E-state index < -0.39 is 0 Å². The molecule has 1 aromatic carbocycles. The summed E-state index contributed by atoms with van der Waals surface area (Å²) in [4.78, 5) is 28.9. The summed E-state index contributed by atoms with van der Waals surface area (Å²) < 4.78 is 0. The standard InChI is InChI=1S/C22H38N4O2/c1-9-16(3)26(20(27)14-22(4,5)6)15-17-13-18(24-21(28)23-10-2)11-12-19(17)25(7)8/h11-13,16H,9-10,14-15H2,1-8H3,(H2,23,24,28)/t16-/m0/s1. The summed E-state index contributed by atoms with van der Waals surface area (Å²) in [6.45, 7) is 13.4. The van der Waals surface area contributed by atoms with Crippen LogP contribution in [0.1, 0.15) is 59.9 Å². The van der Waals surface area contributed by atoms with Crippen LogP contribution in [0.2, 0.25) is 0 Å². The van der Waals surface area contributed by atoms with E-state index in [0.29, 0.717) is 19.5 Å². The number of benzene rings is 1. The molecule has 0 heterocycles. The van der Waals surface area contributed by atoms with Crippen molar-refractivity contribution in [1.29, 1.82) is 0 Å². The third kappa shape index (κ3) is 7.41. The Labute approximate surface area is 170 Å². The Bertz CT molecular complexity index is 665. The number of amides is 3. The number of hydrogen-bond acceptors (Lipinski definition) is 3. The Balaban J connectivity index is 3.20. The van der Waals surface area contributed by atoms with E-state index in [9.17, 15) is 9.59 Å². The quantitative estimate of drug-likeness (QED) is 0.689. The maximum atomic E-state index is 13.0. The minimum atomic E-state index is -0.228. The molecule has 0 aromatic heterocycles. The first-order chi connectivity index (χ1) is 13.0. The third-order valence-corrected chi connectivity index (χ3v) is 4.62. The molecule has 0 aliphatic heterocycles. The number of carbonyl (C=O) groups is 2. The predicted molar refractivity (Wildman–Crippen MR) is 118 cm³/mol. The molecule has 0 aliphatic carbocycles. The summed E-state index contributed by atoms with van der Waals surface area (Å²) in [7, 11) is 3.97. The van der Waals surface area contributed by atoms with Gasteiger partial charge in [-0.3, -0.25) is 4.79 Å². The average molecular weight is 391 g/mol. The van der Waals surface area contributed by atoms with Gasteiger partial charge in [0.1, 0.15) is 0 Å². The molecule has 0 spiro atoms. The van der Waals surface area contributed by atoms with Gasteiger partial charge in [-0.15, -0.1) is 0 Å². The van der Waals surface area contributed by atoms with Gasteiger partial charge < -0.3 is 20.4 Å². The van der Waals surface area contributed by atoms with E-state index in [1.807, 2.05) is 49.0 Å². The maximum Gasteiger partial charge on any atom is 0.319 e. The molecule has 0 unspecified atom stereocenters. The lowest BCUT2D eigenvalue weighted by Gasteiger charge is -2.33. The molecule has 3 amide bonds. The van der Waals surface area contributed by atoms with Gasteiger partial charge in [0.25, 0.3) is 0 Å². The van der Waals surface area contributed by atoms with E-state index in [0.717, 1.165) is 23.4 Å². The Kier molecular flexibility index (Phi) is 8.79. The molecule has 6 nitrogen and oxygen atoms in total. The van der Waals surface area contributed by atoms with E-state index in [2.05, 4.69) is 45.3 Å². The number of hydrogen-bond donors (Lipinski definition) is 2. The van der Waals surface area contributed by atoms with Crippen molar-refractivity contribution in [2.24, 2.45) is 5.41 Å². The Morgan fingerprint density at radius 2 is 1.79 bits per heavy atom. The van der Waals surface area contributed by atoms with Gasteiger partial charge >= 0.3 is 6.03 Å². The largest absolute Gasteiger partial charge is 0.377 e. The van der Waals surface area contributed by atoms with Gasteiger partial charge in [-0.1, -0.05) is 27.7 Å². The zero-order valence-electron chi connectivity index (χ0n) is 18.8. The number of carbonyl (C=O) groups excluding carboxylic acids is 2. The van der Waals surface area contributed by atoms with E-state index in [1.54, 1.807) is 0 Å². The van der Waals surface area contributed by atoms with Crippen LogP contribution in [0, 0.1) is 5.41 Å². The average Bonchev–Trinajstić information content (AvgIpc) is 2.57. The topological polar surface area (TPSA) is 64.7 Å². The number of nitrogens with one attached hydrogen (secondary N) is 2. The van der Waals surface area contributed by atoms with Crippen LogP contribution in [0.4, 0.5) is 16.2 Å². The maximum absolute atomic E-state index is 13.0. The van der Waals surface area contributed by atoms with Crippen LogP contribution in [0.5, 0.6) is 0 Å². The Morgan fingerprint density at radius 1 is 1.14 bits per heavy atom. The van der Waals surface area contributed by atoms with Crippen molar-refractivity contribution in [2.45, 2.75) is 67.0 Å². The lowest BCUT2D eigenvalue weighted by Crippen LogP contribution is -2.39. The summed E-state index contributed by atoms with van der Waals surface area (Å²) in [5, 5.41) is 5.60. The van der Waals surface area contributed by atoms with Crippen LogP contribution in [-0.4, -0.2) is 43.5 Å². The van der Waals surface area contributed by atoms with E-state index in [-0.39, 0.29) is 23.4 Å². The highest BCUT2D eigenvalue weighted by atomic mass is 16.2. The molecule has 158 valence electrons. The fourth-order valence-corrected chi connectivity index (χ4v) is 3.01. The molecule has 0 saturated heterocycles. The van der Waals surface area contributed by atoms with Crippen LogP contribution in [0.15, 0.2) is 18.2 Å². The lowest BCUT2D eigenvalue weighted by molar-refractivity contribution is -0.135. The molecule has 1 atom stereocenters. The first kappa shape index (κ1) is 23.8. The van der Waals surface area contributed by atoms with Crippen molar-refractivity contribution >= 4 is 23.3 Å². The van der Waals surface area contributed by atoms with E-state index >= 15 is 0 Å². The molecule has 0 aliphatic rings. The smallest absolute Gasteiger partial charge is 0.319 e. The number of urea groups is 1. The monoisotopic (exact) mass is 390 g/mol. The zero-order valence-corrected chi connectivity index (χ0v) is 18.8. The Morgan fingerprint density at radius 3 is 2.29 bits per heavy atom. The minimum absolute atomic E-state index is 0.0607. The van der Waals surface area contributed by atoms with Gasteiger partial charge in [0.05, 0.1) is 0 Å². The third-order valence-electron chi connectivity index (χ3n) is 4.62. The van der Waals surface area contributed by atoms with Crippen molar-refractivity contribution in [1.82, 2.24) is 10.2 Å². The molecule has 2 N–H and O–H groups in total. The number of nitrogens with zero attached hydrogens (tertiary/aromatic N) is 2. The van der Waals surface area contributed by atoms with E-state index in [4.69, 9.17) is 0 Å². The minimum Gasteiger partial charge on any atom is -0.377 e. The summed E-state index contributed by atoms with van der Waals surface area (Å²) in [5.74, 6) is 0.161. The molecular weight excluding hydrogens is 352 g/mol. The second-order valence-electron chi connectivity index (χ2n) is 8.74. The summed E-state index contributed by atoms with van der Waals surface area (Å²) in [6.07, 6.45) is 1.40. The zero-order chi connectivity index (χ0) is 21.5. The van der Waals surface area contributed by atoms with Crippen molar-refractivity contribution in [3.05, 3.63) is 23.8 Å². The van der Waals surface area contributed by atoms with Crippen LogP contribution in [-0.2, 0) is 11.3 Å². The van der Waals surface area contributed by atoms with Crippen LogP contribution >= 0.6 is 0 Å². The van der Waals surface area contributed by atoms with E-state index in [1.165, 1.54) is 0 Å². The second-order valence-corrected chi connectivity index (χ2v) is 8.74. The first-order valence-corrected chi connectivity index (χ1v) is 10.1. The highest BCUT2D eigenvalue weighted by Gasteiger charge is 2.25. The molecule has 28 heavy (non-hydrogen) atoms. The van der Waals surface area contributed by atoms with Gasteiger partial charge in [-0.25, -0.2) is 4.79 Å². The van der Waals surface area contributed by atoms with Crippen LogP contribution in [0.3, 0.4) is 0 Å². The van der Waals surface area contributed by atoms with Gasteiger partial charge in [-0.05, 0) is 49.4 Å². The van der Waals surface area contributed by atoms with Crippen molar-refractivity contribution in [3.63, 3.8) is 0 Å². The molecular formula is C22H38N4O2. The molecule has 0 bridgehead atoms. The van der Waals surface area contributed by atoms with Gasteiger partial charge in [-0.2, -0.15) is 0 Å². The van der Waals surface area contributed by atoms with Gasteiger partial charge in [0, 0.05) is 51.0 Å². The lowest BCUT2D eigenvalue weighted by atomic mass is 9.91. The number of rotatable bonds is 8. The summed E-state index contributed by atoms with van der Waals surface area (Å²) in [5.41, 5.74) is 2.72. The second kappa shape index (κ2) is 10.3. The fraction of sp³-hybridized carbons (Fsp3) is 0.636. The normalized spacial score (nSPS) is 12.3. The van der Waals surface area contributed by atoms with Crippen LogP contribution < -0.4 is 15.5 Å². The highest BCUT2D eigenvalue weighted by molar-refractivity contribution is 5.89. The molecule has 0 saturated carbocycles. The van der Waals surface area contributed by atoms with Crippen LogP contribution in [0.25, 0.3) is 0 Å². The molecule has 1 aromatic rings. The molecule has 0 fully saturated rings. The van der Waals surface area contributed by atoms with Gasteiger partial charge in [0.15, 0.2) is 0 Å². The predicted octanol–water partition coefficient (Wildman–Crippen LogP) is 4.46. The molecule has 1 rings (SSSR count). The molecule has 6 heteroatoms. The first-order valence-electron chi connectivity index (χ1n) is 10.1.